The average molecular weight is 426 g/mol. The Bertz CT molecular complexity index is 1000. The molecule has 0 saturated carbocycles. The Balaban J connectivity index is 1.64. The molecule has 1 aliphatic rings. The number of amidine groups is 1. The molecule has 1 heterocycles. The highest BCUT2D eigenvalue weighted by atomic mass is 35.5. The average Bonchev–Trinajstić information content (AvgIpc) is 2.85. The van der Waals surface area contributed by atoms with Crippen LogP contribution in [-0.2, 0) is 21.2 Å². The lowest BCUT2D eigenvalue weighted by molar-refractivity contribution is -0.121. The van der Waals surface area contributed by atoms with Gasteiger partial charge in [0.2, 0.25) is 5.91 Å². The fourth-order valence-electron chi connectivity index (χ4n) is 2.72. The number of carbonyl (C=O) groups excluding carboxylic acids is 1. The van der Waals surface area contributed by atoms with E-state index in [2.05, 4.69) is 15.0 Å². The predicted molar refractivity (Wildman–Crippen MR) is 106 cm³/mol. The van der Waals surface area contributed by atoms with E-state index in [1.54, 1.807) is 43.3 Å². The smallest absolute Gasteiger partial charge is 0.263 e. The van der Waals surface area contributed by atoms with Crippen molar-refractivity contribution < 1.29 is 13.2 Å². The minimum Gasteiger partial charge on any atom is -0.354 e. The van der Waals surface area contributed by atoms with Crippen LogP contribution in [0.4, 0.5) is 0 Å². The van der Waals surface area contributed by atoms with Crippen LogP contribution >= 0.6 is 23.2 Å². The summed E-state index contributed by atoms with van der Waals surface area (Å²) in [7, 11) is -3.62. The van der Waals surface area contributed by atoms with E-state index < -0.39 is 16.1 Å². The van der Waals surface area contributed by atoms with E-state index in [4.69, 9.17) is 23.2 Å². The summed E-state index contributed by atoms with van der Waals surface area (Å²) in [5.41, 5.74) is 1.37. The van der Waals surface area contributed by atoms with Crippen LogP contribution in [0.3, 0.4) is 0 Å². The Hall–Kier alpha value is -2.09. The largest absolute Gasteiger partial charge is 0.354 e. The standard InChI is InChI=1S/C18H17Cl2N3O3S/c1-11(18(24)21-7-6-12-8-13(19)10-14(20)9-12)22-17-15-4-2-3-5-16(15)27(25,26)23-17/h2-5,8-11H,6-7H2,1H3,(H,21,24)(H,22,23)/t11-/m0/s1. The van der Waals surface area contributed by atoms with E-state index >= 15 is 0 Å². The summed E-state index contributed by atoms with van der Waals surface area (Å²) in [6.07, 6.45) is 0.560. The maximum absolute atomic E-state index is 12.3. The van der Waals surface area contributed by atoms with Gasteiger partial charge in [0.1, 0.15) is 11.9 Å². The number of rotatable bonds is 5. The third-order valence-corrected chi connectivity index (χ3v) is 5.83. The molecule has 0 saturated heterocycles. The molecule has 2 aromatic carbocycles. The topological polar surface area (TPSA) is 87.6 Å². The first-order chi connectivity index (χ1) is 12.8. The maximum Gasteiger partial charge on any atom is 0.263 e. The number of aliphatic imine (C=N–C) groups is 1. The summed E-state index contributed by atoms with van der Waals surface area (Å²) in [6.45, 7) is 1.99. The fraction of sp³-hybridized carbons (Fsp3) is 0.222. The molecule has 0 bridgehead atoms. The van der Waals surface area contributed by atoms with Crippen molar-refractivity contribution in [3.05, 3.63) is 63.6 Å². The minimum atomic E-state index is -3.62. The van der Waals surface area contributed by atoms with Crippen LogP contribution in [0, 0.1) is 0 Å². The zero-order valence-corrected chi connectivity index (χ0v) is 16.7. The van der Waals surface area contributed by atoms with Gasteiger partial charge in [-0.2, -0.15) is 0 Å². The molecule has 9 heteroatoms. The number of halogens is 2. The SMILES string of the molecule is C[C@H](N=C1NS(=O)(=O)c2ccccc21)C(=O)NCCc1cc(Cl)cc(Cl)c1. The molecular weight excluding hydrogens is 409 g/mol. The summed E-state index contributed by atoms with van der Waals surface area (Å²) in [4.78, 5) is 16.7. The molecule has 0 fully saturated rings. The summed E-state index contributed by atoms with van der Waals surface area (Å²) in [6, 6.07) is 11.0. The first kappa shape index (κ1) is 19.7. The van der Waals surface area contributed by atoms with Crippen molar-refractivity contribution in [1.29, 1.82) is 0 Å². The van der Waals surface area contributed by atoms with Gasteiger partial charge in [-0.25, -0.2) is 8.42 Å². The zero-order chi connectivity index (χ0) is 19.6. The Morgan fingerprint density at radius 3 is 2.56 bits per heavy atom. The summed E-state index contributed by atoms with van der Waals surface area (Å²) < 4.78 is 26.6. The number of nitrogens with one attached hydrogen (secondary N) is 2. The number of carbonyl (C=O) groups is 1. The van der Waals surface area contributed by atoms with Crippen molar-refractivity contribution in [2.45, 2.75) is 24.3 Å². The molecule has 0 radical (unpaired) electrons. The first-order valence-corrected chi connectivity index (χ1v) is 10.4. The van der Waals surface area contributed by atoms with Crippen LogP contribution in [0.1, 0.15) is 18.1 Å². The van der Waals surface area contributed by atoms with Crippen LogP contribution in [-0.4, -0.2) is 32.7 Å². The van der Waals surface area contributed by atoms with Gasteiger partial charge in [-0.1, -0.05) is 35.3 Å². The number of amides is 1. The van der Waals surface area contributed by atoms with E-state index in [0.717, 1.165) is 5.56 Å². The number of hydrogen-bond acceptors (Lipinski definition) is 4. The third-order valence-electron chi connectivity index (χ3n) is 4.00. The van der Waals surface area contributed by atoms with E-state index in [9.17, 15) is 13.2 Å². The van der Waals surface area contributed by atoms with Gasteiger partial charge >= 0.3 is 0 Å². The zero-order valence-electron chi connectivity index (χ0n) is 14.4. The van der Waals surface area contributed by atoms with Crippen LogP contribution in [0.25, 0.3) is 0 Å². The minimum absolute atomic E-state index is 0.161. The Kier molecular flexibility index (Phi) is 5.74. The first-order valence-electron chi connectivity index (χ1n) is 8.19. The Labute approximate surface area is 167 Å². The molecule has 142 valence electrons. The van der Waals surface area contributed by atoms with Gasteiger partial charge in [0.15, 0.2) is 0 Å². The third kappa shape index (κ3) is 4.61. The second kappa shape index (κ2) is 7.88. The summed E-state index contributed by atoms with van der Waals surface area (Å²) >= 11 is 11.9. The molecule has 0 unspecified atom stereocenters. The van der Waals surface area contributed by atoms with Gasteiger partial charge in [0.25, 0.3) is 10.0 Å². The number of fused-ring (bicyclic) bond motifs is 1. The van der Waals surface area contributed by atoms with Crippen molar-refractivity contribution in [3.63, 3.8) is 0 Å². The Morgan fingerprint density at radius 1 is 1.19 bits per heavy atom. The molecule has 6 nitrogen and oxygen atoms in total. The van der Waals surface area contributed by atoms with Crippen molar-refractivity contribution in [2.75, 3.05) is 6.54 Å². The molecule has 27 heavy (non-hydrogen) atoms. The predicted octanol–water partition coefficient (Wildman–Crippen LogP) is 2.78. The highest BCUT2D eigenvalue weighted by molar-refractivity contribution is 7.90. The molecule has 0 aliphatic carbocycles. The lowest BCUT2D eigenvalue weighted by atomic mass is 10.1. The fourth-order valence-corrected chi connectivity index (χ4v) is 4.53. The molecule has 3 rings (SSSR count). The number of hydrogen-bond donors (Lipinski definition) is 2. The van der Waals surface area contributed by atoms with Gasteiger partial charge in [0.05, 0.1) is 4.90 Å². The van der Waals surface area contributed by atoms with Crippen molar-refractivity contribution in [3.8, 4) is 0 Å². The highest BCUT2D eigenvalue weighted by Gasteiger charge is 2.31. The van der Waals surface area contributed by atoms with E-state index in [1.807, 2.05) is 0 Å². The number of benzene rings is 2. The van der Waals surface area contributed by atoms with Crippen LogP contribution in [0.15, 0.2) is 52.4 Å². The van der Waals surface area contributed by atoms with Gasteiger partial charge in [0, 0.05) is 22.2 Å². The Morgan fingerprint density at radius 2 is 1.85 bits per heavy atom. The van der Waals surface area contributed by atoms with Gasteiger partial charge in [-0.15, -0.1) is 0 Å². The molecule has 1 aliphatic heterocycles. The van der Waals surface area contributed by atoms with Gasteiger partial charge in [-0.05, 0) is 49.2 Å². The summed E-state index contributed by atoms with van der Waals surface area (Å²) in [5, 5.41) is 3.85. The van der Waals surface area contributed by atoms with Gasteiger partial charge in [-0.3, -0.25) is 14.5 Å². The number of sulfonamides is 1. The van der Waals surface area contributed by atoms with Crippen molar-refractivity contribution >= 4 is 45.0 Å². The van der Waals surface area contributed by atoms with E-state index in [1.165, 1.54) is 6.07 Å². The lowest BCUT2D eigenvalue weighted by Crippen LogP contribution is -2.35. The molecule has 1 atom stereocenters. The van der Waals surface area contributed by atoms with Crippen molar-refractivity contribution in [2.24, 2.45) is 4.99 Å². The van der Waals surface area contributed by atoms with E-state index in [-0.39, 0.29) is 16.6 Å². The quantitative estimate of drug-likeness (QED) is 0.771. The second-order valence-electron chi connectivity index (χ2n) is 6.07. The molecule has 0 spiro atoms. The van der Waals surface area contributed by atoms with Gasteiger partial charge < -0.3 is 5.32 Å². The molecular formula is C18H17Cl2N3O3S. The summed E-state index contributed by atoms with van der Waals surface area (Å²) in [5.74, 6) is -0.130. The maximum atomic E-state index is 12.3. The normalized spacial score (nSPS) is 17.2. The van der Waals surface area contributed by atoms with E-state index in [0.29, 0.717) is 28.6 Å². The molecule has 0 aromatic heterocycles. The molecule has 2 N–H and O–H groups in total. The van der Waals surface area contributed by atoms with Crippen LogP contribution in [0.2, 0.25) is 10.0 Å². The highest BCUT2D eigenvalue weighted by Crippen LogP contribution is 2.22. The van der Waals surface area contributed by atoms with Crippen LogP contribution in [0.5, 0.6) is 0 Å². The lowest BCUT2D eigenvalue weighted by Gasteiger charge is -2.10. The van der Waals surface area contributed by atoms with Crippen LogP contribution < -0.4 is 10.0 Å². The number of nitrogens with zero attached hydrogens (tertiary/aromatic N) is 1. The second-order valence-corrected chi connectivity index (χ2v) is 8.60. The molecule has 2 aromatic rings. The molecule has 1 amide bonds. The van der Waals surface area contributed by atoms with Crippen molar-refractivity contribution in [1.82, 2.24) is 10.0 Å². The monoisotopic (exact) mass is 425 g/mol.